The molecule has 0 aliphatic heterocycles. The summed E-state index contributed by atoms with van der Waals surface area (Å²) >= 11 is 0. The molecule has 3 aromatic rings. The van der Waals surface area contributed by atoms with Crippen LogP contribution in [-0.4, -0.2) is 25.0 Å². The summed E-state index contributed by atoms with van der Waals surface area (Å²) in [6, 6.07) is 23.1. The predicted octanol–water partition coefficient (Wildman–Crippen LogP) is 4.18. The summed E-state index contributed by atoms with van der Waals surface area (Å²) in [6.45, 7) is 1.85. The van der Waals surface area contributed by atoms with Gasteiger partial charge in [-0.3, -0.25) is 9.59 Å². The Kier molecular flexibility index (Phi) is 6.59. The molecular formula is C24H22N2O3. The Morgan fingerprint density at radius 1 is 1.00 bits per heavy atom. The van der Waals surface area contributed by atoms with E-state index in [2.05, 4.69) is 0 Å². The van der Waals surface area contributed by atoms with Gasteiger partial charge in [-0.15, -0.1) is 0 Å². The molecule has 0 N–H and O–H groups in total. The topological polar surface area (TPSA) is 70.4 Å². The maximum Gasteiger partial charge on any atom is 0.310 e. The van der Waals surface area contributed by atoms with Crippen molar-refractivity contribution in [3.8, 4) is 6.07 Å². The highest BCUT2D eigenvalue weighted by molar-refractivity contribution is 5.95. The van der Waals surface area contributed by atoms with E-state index in [0.717, 1.165) is 21.9 Å². The number of fused-ring (bicyclic) bond motifs is 1. The molecule has 0 saturated heterocycles. The smallest absolute Gasteiger partial charge is 0.310 e. The number of anilines is 1. The van der Waals surface area contributed by atoms with Crippen LogP contribution in [0.3, 0.4) is 0 Å². The number of ether oxygens (including phenoxy) is 1. The second kappa shape index (κ2) is 9.52. The van der Waals surface area contributed by atoms with Crippen molar-refractivity contribution >= 4 is 28.3 Å². The Labute approximate surface area is 170 Å². The van der Waals surface area contributed by atoms with Crippen LogP contribution in [0.5, 0.6) is 0 Å². The maximum absolute atomic E-state index is 12.6. The lowest BCUT2D eigenvalue weighted by molar-refractivity contribution is -0.147. The Bertz CT molecular complexity index is 1050. The van der Waals surface area contributed by atoms with Gasteiger partial charge in [-0.2, -0.15) is 5.26 Å². The molecule has 0 aliphatic rings. The summed E-state index contributed by atoms with van der Waals surface area (Å²) < 4.78 is 5.25. The van der Waals surface area contributed by atoms with E-state index < -0.39 is 5.97 Å². The zero-order chi connectivity index (χ0) is 20.6. The van der Waals surface area contributed by atoms with Gasteiger partial charge < -0.3 is 9.64 Å². The van der Waals surface area contributed by atoms with E-state index in [1.165, 1.54) is 4.90 Å². The monoisotopic (exact) mass is 386 g/mol. The number of hydrogen-bond acceptors (Lipinski definition) is 4. The van der Waals surface area contributed by atoms with Crippen LogP contribution in [0.15, 0.2) is 66.7 Å². The number of carbonyl (C=O) groups excluding carboxylic acids is 2. The number of hydrogen-bond donors (Lipinski definition) is 0. The van der Waals surface area contributed by atoms with Gasteiger partial charge in [0.15, 0.2) is 6.61 Å². The number of amides is 1. The number of nitrogens with zero attached hydrogens (tertiary/aromatic N) is 2. The molecule has 1 amide bonds. The SMILES string of the molecule is Cc1ccc(N(CCC#N)C(=O)COC(=O)Cc2cccc3ccccc23)cc1. The lowest BCUT2D eigenvalue weighted by atomic mass is 10.0. The molecule has 0 aromatic heterocycles. The van der Waals surface area contributed by atoms with Crippen molar-refractivity contribution in [1.82, 2.24) is 0 Å². The highest BCUT2D eigenvalue weighted by Crippen LogP contribution is 2.19. The summed E-state index contributed by atoms with van der Waals surface area (Å²) in [4.78, 5) is 26.5. The number of esters is 1. The normalized spacial score (nSPS) is 10.3. The second-order valence-electron chi connectivity index (χ2n) is 6.76. The average molecular weight is 386 g/mol. The standard InChI is InChI=1S/C24H22N2O3/c1-18-10-12-21(13-11-18)26(15-5-14-25)23(27)17-29-24(28)16-20-8-4-7-19-6-2-3-9-22(19)20/h2-4,6-13H,5,15-17H2,1H3. The van der Waals surface area contributed by atoms with Crippen LogP contribution in [0.2, 0.25) is 0 Å². The minimum absolute atomic E-state index is 0.0946. The van der Waals surface area contributed by atoms with Crippen molar-refractivity contribution < 1.29 is 14.3 Å². The molecule has 0 unspecified atom stereocenters. The van der Waals surface area contributed by atoms with Gasteiger partial charge in [0.1, 0.15) is 0 Å². The molecule has 29 heavy (non-hydrogen) atoms. The molecule has 5 nitrogen and oxygen atoms in total. The van der Waals surface area contributed by atoms with Gasteiger partial charge in [0.2, 0.25) is 0 Å². The first-order valence-corrected chi connectivity index (χ1v) is 9.45. The third-order valence-electron chi connectivity index (χ3n) is 4.67. The molecule has 0 saturated carbocycles. The zero-order valence-electron chi connectivity index (χ0n) is 16.3. The minimum atomic E-state index is -0.459. The summed E-state index contributed by atoms with van der Waals surface area (Å²) in [6.07, 6.45) is 0.293. The fourth-order valence-electron chi connectivity index (χ4n) is 3.16. The van der Waals surface area contributed by atoms with Gasteiger partial charge in [-0.05, 0) is 35.4 Å². The van der Waals surface area contributed by atoms with Crippen LogP contribution < -0.4 is 4.90 Å². The van der Waals surface area contributed by atoms with Crippen LogP contribution in [-0.2, 0) is 20.7 Å². The molecule has 0 radical (unpaired) electrons. The van der Waals surface area contributed by atoms with E-state index in [9.17, 15) is 9.59 Å². The van der Waals surface area contributed by atoms with Gasteiger partial charge in [0, 0.05) is 12.2 Å². The molecule has 0 atom stereocenters. The first-order valence-electron chi connectivity index (χ1n) is 9.45. The molecule has 146 valence electrons. The van der Waals surface area contributed by atoms with Crippen LogP contribution in [0.25, 0.3) is 10.8 Å². The first-order chi connectivity index (χ1) is 14.1. The quantitative estimate of drug-likeness (QED) is 0.571. The fraction of sp³-hybridized carbons (Fsp3) is 0.208. The molecule has 0 spiro atoms. The number of nitriles is 1. The van der Waals surface area contributed by atoms with Crippen molar-refractivity contribution in [3.05, 3.63) is 77.9 Å². The van der Waals surface area contributed by atoms with Crippen molar-refractivity contribution in [2.75, 3.05) is 18.1 Å². The van der Waals surface area contributed by atoms with Crippen molar-refractivity contribution in [1.29, 1.82) is 5.26 Å². The Balaban J connectivity index is 1.65. The molecule has 5 heteroatoms. The largest absolute Gasteiger partial charge is 0.455 e. The highest BCUT2D eigenvalue weighted by atomic mass is 16.5. The Morgan fingerprint density at radius 3 is 2.48 bits per heavy atom. The molecule has 0 fully saturated rings. The van der Waals surface area contributed by atoms with Crippen molar-refractivity contribution in [2.24, 2.45) is 0 Å². The van der Waals surface area contributed by atoms with Gasteiger partial charge in [-0.1, -0.05) is 60.2 Å². The van der Waals surface area contributed by atoms with E-state index in [4.69, 9.17) is 10.00 Å². The summed E-state index contributed by atoms with van der Waals surface area (Å²) in [5.74, 6) is -0.811. The predicted molar refractivity (Wildman–Crippen MR) is 112 cm³/mol. The Morgan fingerprint density at radius 2 is 1.72 bits per heavy atom. The first kappa shape index (κ1) is 20.1. The van der Waals surface area contributed by atoms with Gasteiger partial charge in [0.05, 0.1) is 18.9 Å². The summed E-state index contributed by atoms with van der Waals surface area (Å²) in [7, 11) is 0. The van der Waals surface area contributed by atoms with Crippen molar-refractivity contribution in [3.63, 3.8) is 0 Å². The minimum Gasteiger partial charge on any atom is -0.455 e. The average Bonchev–Trinajstić information content (AvgIpc) is 2.74. The second-order valence-corrected chi connectivity index (χ2v) is 6.76. The maximum atomic E-state index is 12.6. The van der Waals surface area contributed by atoms with E-state index in [1.807, 2.05) is 79.7 Å². The fourth-order valence-corrected chi connectivity index (χ4v) is 3.16. The lowest BCUT2D eigenvalue weighted by Gasteiger charge is -2.22. The molecule has 0 bridgehead atoms. The van der Waals surface area contributed by atoms with E-state index >= 15 is 0 Å². The number of benzene rings is 3. The zero-order valence-corrected chi connectivity index (χ0v) is 16.3. The molecule has 3 aromatic carbocycles. The van der Waals surface area contributed by atoms with Gasteiger partial charge in [0.25, 0.3) is 5.91 Å². The van der Waals surface area contributed by atoms with E-state index in [0.29, 0.717) is 5.69 Å². The van der Waals surface area contributed by atoms with Gasteiger partial charge in [-0.25, -0.2) is 0 Å². The third-order valence-corrected chi connectivity index (χ3v) is 4.67. The molecule has 0 aliphatic carbocycles. The van der Waals surface area contributed by atoms with E-state index in [-0.39, 0.29) is 31.9 Å². The number of rotatable bonds is 7. The number of aryl methyl sites for hydroxylation is 1. The van der Waals surface area contributed by atoms with Crippen LogP contribution in [0, 0.1) is 18.3 Å². The molecule has 3 rings (SSSR count). The third kappa shape index (κ3) is 5.20. The van der Waals surface area contributed by atoms with Gasteiger partial charge >= 0.3 is 5.97 Å². The van der Waals surface area contributed by atoms with Crippen molar-refractivity contribution in [2.45, 2.75) is 19.8 Å². The Hall–Kier alpha value is -3.65. The number of carbonyl (C=O) groups is 2. The molecular weight excluding hydrogens is 364 g/mol. The lowest BCUT2D eigenvalue weighted by Crippen LogP contribution is -2.35. The van der Waals surface area contributed by atoms with Crippen LogP contribution >= 0.6 is 0 Å². The van der Waals surface area contributed by atoms with Crippen LogP contribution in [0.4, 0.5) is 5.69 Å². The molecule has 0 heterocycles. The van der Waals surface area contributed by atoms with E-state index in [1.54, 1.807) is 0 Å². The van der Waals surface area contributed by atoms with Crippen LogP contribution in [0.1, 0.15) is 17.5 Å². The summed E-state index contributed by atoms with van der Waals surface area (Å²) in [5, 5.41) is 10.9. The summed E-state index contributed by atoms with van der Waals surface area (Å²) in [5.41, 5.74) is 2.62. The highest BCUT2D eigenvalue weighted by Gasteiger charge is 2.18.